The number of hydrogen-bond acceptors (Lipinski definition) is 2. The van der Waals surface area contributed by atoms with Crippen LogP contribution in [0.3, 0.4) is 0 Å². The molecule has 0 aliphatic carbocycles. The minimum absolute atomic E-state index is 0.288. The lowest BCUT2D eigenvalue weighted by Gasteiger charge is -2.07. The van der Waals surface area contributed by atoms with Crippen molar-refractivity contribution in [2.75, 3.05) is 6.54 Å². The summed E-state index contributed by atoms with van der Waals surface area (Å²) in [5.74, 6) is 0.288. The zero-order chi connectivity index (χ0) is 16.6. The summed E-state index contributed by atoms with van der Waals surface area (Å²) in [6.07, 6.45) is 24.0. The van der Waals surface area contributed by atoms with Gasteiger partial charge in [-0.15, -0.1) is 0 Å². The lowest BCUT2D eigenvalue weighted by atomic mass is 10.0. The molecule has 0 aromatic heterocycles. The van der Waals surface area contributed by atoms with Gasteiger partial charge < -0.3 is 5.32 Å². The molecular weight excluding hydrogens is 282 g/mol. The Morgan fingerprint density at radius 2 is 1.39 bits per heavy atom. The van der Waals surface area contributed by atoms with Crippen molar-refractivity contribution < 1.29 is 4.79 Å². The fraction of sp³-hybridized carbons (Fsp3) is 0.762. The van der Waals surface area contributed by atoms with Crippen LogP contribution in [-0.4, -0.2) is 12.3 Å². The summed E-state index contributed by atoms with van der Waals surface area (Å²) >= 11 is 0. The van der Waals surface area contributed by atoms with Gasteiger partial charge >= 0.3 is 0 Å². The second kappa shape index (κ2) is 14.5. The number of nitrogens with one attached hydrogen (secondary N) is 1. The van der Waals surface area contributed by atoms with Crippen LogP contribution in [0, 0.1) is 0 Å². The van der Waals surface area contributed by atoms with Gasteiger partial charge in [-0.3, -0.25) is 4.79 Å². The van der Waals surface area contributed by atoms with Crippen LogP contribution in [0.15, 0.2) is 23.9 Å². The van der Waals surface area contributed by atoms with Crippen molar-refractivity contribution in [2.45, 2.75) is 96.8 Å². The monoisotopic (exact) mass is 319 g/mol. The molecule has 1 aliphatic rings. The van der Waals surface area contributed by atoms with Crippen molar-refractivity contribution in [1.82, 2.24) is 5.32 Å². The lowest BCUT2D eigenvalue weighted by molar-refractivity contribution is -0.115. The van der Waals surface area contributed by atoms with Crippen LogP contribution in [0.25, 0.3) is 0 Å². The minimum Gasteiger partial charge on any atom is -0.387 e. The third-order valence-electron chi connectivity index (χ3n) is 4.62. The van der Waals surface area contributed by atoms with Crippen LogP contribution in [-0.2, 0) is 4.79 Å². The number of ketones is 1. The van der Waals surface area contributed by atoms with Gasteiger partial charge in [-0.2, -0.15) is 0 Å². The van der Waals surface area contributed by atoms with Crippen LogP contribution < -0.4 is 5.32 Å². The molecule has 0 atom stereocenters. The number of allylic oxidation sites excluding steroid dienone is 2. The molecule has 1 aliphatic heterocycles. The maximum absolute atomic E-state index is 11.9. The zero-order valence-corrected chi connectivity index (χ0v) is 15.2. The molecular formula is C21H37NO. The molecule has 0 aromatic carbocycles. The number of hydrogen-bond donors (Lipinski definition) is 1. The molecule has 1 rings (SSSR count). The van der Waals surface area contributed by atoms with E-state index in [0.717, 1.165) is 18.5 Å². The van der Waals surface area contributed by atoms with Crippen molar-refractivity contribution >= 4 is 5.78 Å². The van der Waals surface area contributed by atoms with Gasteiger partial charge in [-0.1, -0.05) is 96.1 Å². The van der Waals surface area contributed by atoms with Crippen LogP contribution in [0.5, 0.6) is 0 Å². The van der Waals surface area contributed by atoms with Gasteiger partial charge in [0.15, 0.2) is 5.78 Å². The van der Waals surface area contributed by atoms with E-state index in [4.69, 9.17) is 0 Å². The average molecular weight is 320 g/mol. The largest absolute Gasteiger partial charge is 0.387 e. The first kappa shape index (κ1) is 20.0. The summed E-state index contributed by atoms with van der Waals surface area (Å²) in [5.41, 5.74) is 0.843. The van der Waals surface area contributed by atoms with Crippen molar-refractivity contribution in [3.63, 3.8) is 0 Å². The van der Waals surface area contributed by atoms with E-state index in [2.05, 4.69) is 12.2 Å². The highest BCUT2D eigenvalue weighted by molar-refractivity contribution is 5.98. The van der Waals surface area contributed by atoms with E-state index in [-0.39, 0.29) is 5.78 Å². The zero-order valence-electron chi connectivity index (χ0n) is 15.2. The second-order valence-corrected chi connectivity index (χ2v) is 6.83. The molecule has 132 valence electrons. The van der Waals surface area contributed by atoms with E-state index in [1.165, 1.54) is 77.0 Å². The average Bonchev–Trinajstić information content (AvgIpc) is 2.59. The molecule has 23 heavy (non-hydrogen) atoms. The van der Waals surface area contributed by atoms with Gasteiger partial charge in [0.25, 0.3) is 0 Å². The molecule has 0 aromatic rings. The maximum atomic E-state index is 11.9. The predicted octanol–water partition coefficient (Wildman–Crippen LogP) is 6.08. The van der Waals surface area contributed by atoms with Gasteiger partial charge in [-0.05, 0) is 6.42 Å². The molecule has 1 N–H and O–H groups in total. The molecule has 0 fully saturated rings. The molecule has 0 bridgehead atoms. The molecule has 1 heterocycles. The van der Waals surface area contributed by atoms with Gasteiger partial charge in [0, 0.05) is 24.7 Å². The third kappa shape index (κ3) is 11.2. The molecule has 0 unspecified atom stereocenters. The molecule has 2 nitrogen and oxygen atoms in total. The Morgan fingerprint density at radius 1 is 0.870 bits per heavy atom. The summed E-state index contributed by atoms with van der Waals surface area (Å²) in [5, 5.41) is 3.10. The van der Waals surface area contributed by atoms with Crippen molar-refractivity contribution in [2.24, 2.45) is 0 Å². The summed E-state index contributed by atoms with van der Waals surface area (Å²) < 4.78 is 0. The van der Waals surface area contributed by atoms with E-state index in [1.807, 2.05) is 18.4 Å². The molecule has 0 saturated heterocycles. The standard InChI is InChI=1S/C21H37NO/c1-2-3-4-5-6-7-8-9-10-11-12-13-14-17-21(23)20-16-15-18-22-19-20/h15-16,19,22H,2-14,17-18H2,1H3. The Kier molecular flexibility index (Phi) is 12.6. The number of Topliss-reactive ketones (excluding diaryl/α,β-unsaturated/α-hetero) is 1. The van der Waals surface area contributed by atoms with Crippen LogP contribution in [0.1, 0.15) is 96.8 Å². The molecule has 0 spiro atoms. The first-order valence-electron chi connectivity index (χ1n) is 9.98. The highest BCUT2D eigenvalue weighted by atomic mass is 16.1. The lowest BCUT2D eigenvalue weighted by Crippen LogP contribution is -2.13. The predicted molar refractivity (Wildman–Crippen MR) is 101 cm³/mol. The Labute approximate surface area is 143 Å². The number of carbonyl (C=O) groups is 1. The van der Waals surface area contributed by atoms with Crippen molar-refractivity contribution in [3.8, 4) is 0 Å². The van der Waals surface area contributed by atoms with E-state index in [9.17, 15) is 4.79 Å². The fourth-order valence-corrected chi connectivity index (χ4v) is 3.09. The molecule has 0 amide bonds. The highest BCUT2D eigenvalue weighted by Gasteiger charge is 2.07. The van der Waals surface area contributed by atoms with E-state index in [0.29, 0.717) is 6.42 Å². The quantitative estimate of drug-likeness (QED) is 0.371. The van der Waals surface area contributed by atoms with Gasteiger partial charge in [-0.25, -0.2) is 0 Å². The number of unbranched alkanes of at least 4 members (excludes halogenated alkanes) is 12. The van der Waals surface area contributed by atoms with E-state index >= 15 is 0 Å². The normalized spacial score (nSPS) is 13.7. The summed E-state index contributed by atoms with van der Waals surface area (Å²) in [6, 6.07) is 0. The van der Waals surface area contributed by atoms with Crippen LogP contribution in [0.2, 0.25) is 0 Å². The van der Waals surface area contributed by atoms with Gasteiger partial charge in [0.2, 0.25) is 0 Å². The summed E-state index contributed by atoms with van der Waals surface area (Å²) in [6.45, 7) is 3.12. The maximum Gasteiger partial charge on any atom is 0.164 e. The van der Waals surface area contributed by atoms with Crippen LogP contribution in [0.4, 0.5) is 0 Å². The number of dihydropyridines is 1. The highest BCUT2D eigenvalue weighted by Crippen LogP contribution is 2.14. The molecule has 0 saturated carbocycles. The van der Waals surface area contributed by atoms with Crippen molar-refractivity contribution in [1.29, 1.82) is 0 Å². The molecule has 0 radical (unpaired) electrons. The fourth-order valence-electron chi connectivity index (χ4n) is 3.09. The smallest absolute Gasteiger partial charge is 0.164 e. The number of rotatable bonds is 15. The van der Waals surface area contributed by atoms with Crippen LogP contribution >= 0.6 is 0 Å². The topological polar surface area (TPSA) is 29.1 Å². The number of carbonyl (C=O) groups excluding carboxylic acids is 1. The second-order valence-electron chi connectivity index (χ2n) is 6.83. The third-order valence-corrected chi connectivity index (χ3v) is 4.62. The van der Waals surface area contributed by atoms with Gasteiger partial charge in [0.1, 0.15) is 0 Å². The summed E-state index contributed by atoms with van der Waals surface area (Å²) in [4.78, 5) is 11.9. The first-order valence-corrected chi connectivity index (χ1v) is 9.98. The molecule has 2 heteroatoms. The first-order chi connectivity index (χ1) is 11.3. The van der Waals surface area contributed by atoms with E-state index in [1.54, 1.807) is 0 Å². The van der Waals surface area contributed by atoms with Gasteiger partial charge in [0.05, 0.1) is 0 Å². The minimum atomic E-state index is 0.288. The Bertz CT molecular complexity index is 357. The van der Waals surface area contributed by atoms with E-state index < -0.39 is 0 Å². The SMILES string of the molecule is CCCCCCCCCCCCCCCC(=O)C1=CNCC=C1. The Hall–Kier alpha value is -1.05. The Morgan fingerprint density at radius 3 is 1.87 bits per heavy atom. The summed E-state index contributed by atoms with van der Waals surface area (Å²) in [7, 11) is 0. The Balaban J connectivity index is 1.80. The van der Waals surface area contributed by atoms with Crippen molar-refractivity contribution in [3.05, 3.63) is 23.9 Å².